The summed E-state index contributed by atoms with van der Waals surface area (Å²) in [4.78, 5) is 20.1. The number of anilines is 1. The van der Waals surface area contributed by atoms with Crippen molar-refractivity contribution >= 4 is 34.2 Å². The summed E-state index contributed by atoms with van der Waals surface area (Å²) < 4.78 is 2.33. The number of carbonyl (C=O) groups excluding carboxylic acids is 1. The van der Waals surface area contributed by atoms with Crippen LogP contribution in [0.3, 0.4) is 0 Å². The van der Waals surface area contributed by atoms with Crippen LogP contribution in [0.1, 0.15) is 48.3 Å². The number of benzene rings is 2. The van der Waals surface area contributed by atoms with Crippen LogP contribution in [0.25, 0.3) is 11.0 Å². The fourth-order valence-corrected chi connectivity index (χ4v) is 4.94. The fraction of sp³-hybridized carbons (Fsp3) is 0.391. The number of rotatable bonds is 3. The average Bonchev–Trinajstić information content (AvgIpc) is 3.11. The lowest BCUT2D eigenvalue weighted by Crippen LogP contribution is -2.42. The number of nitrogens with one attached hydrogen (secondary N) is 1. The monoisotopic (exact) mass is 408 g/mol. The summed E-state index contributed by atoms with van der Waals surface area (Å²) in [6.45, 7) is 2.99. The summed E-state index contributed by atoms with van der Waals surface area (Å²) in [5, 5.41) is 3.40. The van der Waals surface area contributed by atoms with Gasteiger partial charge >= 0.3 is 0 Å². The molecule has 1 aliphatic heterocycles. The highest BCUT2D eigenvalue weighted by Gasteiger charge is 2.26. The highest BCUT2D eigenvalue weighted by Crippen LogP contribution is 2.29. The molecule has 1 N–H and O–H groups in total. The smallest absolute Gasteiger partial charge is 0.257 e. The lowest BCUT2D eigenvalue weighted by molar-refractivity contribution is 0.102. The SMILES string of the molecule is O=C(Nc1ccc2c(c1)nc1n2CCN(C2CCCCC2)C1)c1ccccc1Cl. The van der Waals surface area contributed by atoms with Crippen LogP contribution in [0.2, 0.25) is 5.02 Å². The first-order chi connectivity index (χ1) is 14.2. The number of amides is 1. The third-order valence-corrected chi connectivity index (χ3v) is 6.58. The van der Waals surface area contributed by atoms with Crippen molar-refractivity contribution in [1.82, 2.24) is 14.5 Å². The molecular weight excluding hydrogens is 384 g/mol. The fourth-order valence-electron chi connectivity index (χ4n) is 4.72. The first-order valence-electron chi connectivity index (χ1n) is 10.5. The summed E-state index contributed by atoms with van der Waals surface area (Å²) in [6, 6.07) is 13.8. The molecule has 0 saturated heterocycles. The molecule has 2 heterocycles. The van der Waals surface area contributed by atoms with Crippen LogP contribution in [-0.2, 0) is 13.1 Å². The van der Waals surface area contributed by atoms with Crippen molar-refractivity contribution in [2.24, 2.45) is 0 Å². The summed E-state index contributed by atoms with van der Waals surface area (Å²) in [6.07, 6.45) is 6.72. The topological polar surface area (TPSA) is 50.2 Å². The van der Waals surface area contributed by atoms with Crippen molar-refractivity contribution in [2.75, 3.05) is 11.9 Å². The molecule has 2 aromatic carbocycles. The zero-order valence-electron chi connectivity index (χ0n) is 16.4. The molecule has 1 aliphatic carbocycles. The molecule has 5 rings (SSSR count). The van der Waals surface area contributed by atoms with Gasteiger partial charge in [-0.2, -0.15) is 0 Å². The Balaban J connectivity index is 1.37. The quantitative estimate of drug-likeness (QED) is 0.656. The van der Waals surface area contributed by atoms with Crippen LogP contribution < -0.4 is 5.32 Å². The number of carbonyl (C=O) groups is 1. The Morgan fingerprint density at radius 2 is 1.90 bits per heavy atom. The van der Waals surface area contributed by atoms with Gasteiger partial charge in [-0.15, -0.1) is 0 Å². The zero-order chi connectivity index (χ0) is 19.8. The molecule has 6 heteroatoms. The first-order valence-corrected chi connectivity index (χ1v) is 10.9. The van der Waals surface area contributed by atoms with Gasteiger partial charge in [-0.25, -0.2) is 4.98 Å². The Morgan fingerprint density at radius 3 is 2.72 bits per heavy atom. The molecule has 1 fully saturated rings. The minimum atomic E-state index is -0.206. The largest absolute Gasteiger partial charge is 0.326 e. The van der Waals surface area contributed by atoms with Crippen molar-refractivity contribution < 1.29 is 4.79 Å². The van der Waals surface area contributed by atoms with E-state index < -0.39 is 0 Å². The number of hydrogen-bond acceptors (Lipinski definition) is 3. The summed E-state index contributed by atoms with van der Waals surface area (Å²) >= 11 is 6.15. The van der Waals surface area contributed by atoms with Crippen molar-refractivity contribution in [3.05, 3.63) is 58.9 Å². The van der Waals surface area contributed by atoms with Gasteiger partial charge in [0.15, 0.2) is 0 Å². The first kappa shape index (κ1) is 18.6. The minimum Gasteiger partial charge on any atom is -0.326 e. The second-order valence-electron chi connectivity index (χ2n) is 8.08. The lowest BCUT2D eigenvalue weighted by Gasteiger charge is -2.36. The highest BCUT2D eigenvalue weighted by atomic mass is 35.5. The van der Waals surface area contributed by atoms with E-state index in [2.05, 4.69) is 20.9 Å². The maximum absolute atomic E-state index is 12.6. The molecule has 1 amide bonds. The Bertz CT molecular complexity index is 1050. The van der Waals surface area contributed by atoms with Crippen LogP contribution in [0, 0.1) is 0 Å². The summed E-state index contributed by atoms with van der Waals surface area (Å²) in [5.41, 5.74) is 3.28. The molecule has 1 saturated carbocycles. The third kappa shape index (κ3) is 3.65. The zero-order valence-corrected chi connectivity index (χ0v) is 17.2. The van der Waals surface area contributed by atoms with Crippen LogP contribution >= 0.6 is 11.6 Å². The van der Waals surface area contributed by atoms with Gasteiger partial charge in [0.1, 0.15) is 5.82 Å². The van der Waals surface area contributed by atoms with Gasteiger partial charge in [-0.05, 0) is 43.2 Å². The maximum Gasteiger partial charge on any atom is 0.257 e. The van der Waals surface area contributed by atoms with Gasteiger partial charge in [-0.3, -0.25) is 9.69 Å². The van der Waals surface area contributed by atoms with Gasteiger partial charge in [0.25, 0.3) is 5.91 Å². The molecule has 1 aromatic heterocycles. The predicted octanol–water partition coefficient (Wildman–Crippen LogP) is 5.09. The molecule has 0 unspecified atom stereocenters. The second kappa shape index (κ2) is 7.81. The van der Waals surface area contributed by atoms with E-state index in [1.165, 1.54) is 32.1 Å². The van der Waals surface area contributed by atoms with E-state index in [1.54, 1.807) is 12.1 Å². The van der Waals surface area contributed by atoms with Gasteiger partial charge in [0.2, 0.25) is 0 Å². The van der Waals surface area contributed by atoms with Crippen molar-refractivity contribution in [1.29, 1.82) is 0 Å². The van der Waals surface area contributed by atoms with Crippen LogP contribution in [0.15, 0.2) is 42.5 Å². The number of fused-ring (bicyclic) bond motifs is 3. The highest BCUT2D eigenvalue weighted by molar-refractivity contribution is 6.34. The van der Waals surface area contributed by atoms with Crippen LogP contribution in [0.4, 0.5) is 5.69 Å². The minimum absolute atomic E-state index is 0.206. The van der Waals surface area contributed by atoms with Crippen molar-refractivity contribution in [2.45, 2.75) is 51.2 Å². The van der Waals surface area contributed by atoms with Gasteiger partial charge in [-0.1, -0.05) is 43.0 Å². The Labute approximate surface area is 175 Å². The number of halogens is 1. The molecule has 150 valence electrons. The molecule has 2 aliphatic rings. The van der Waals surface area contributed by atoms with E-state index in [0.29, 0.717) is 16.6 Å². The normalized spacial score (nSPS) is 18.0. The van der Waals surface area contributed by atoms with Crippen LogP contribution in [0.5, 0.6) is 0 Å². The molecular formula is C23H25ClN4O. The van der Waals surface area contributed by atoms with E-state index in [1.807, 2.05) is 24.3 Å². The predicted molar refractivity (Wildman–Crippen MR) is 116 cm³/mol. The maximum atomic E-state index is 12.6. The Morgan fingerprint density at radius 1 is 1.07 bits per heavy atom. The van der Waals surface area contributed by atoms with Crippen LogP contribution in [-0.4, -0.2) is 32.9 Å². The van der Waals surface area contributed by atoms with E-state index in [9.17, 15) is 4.79 Å². The molecule has 0 spiro atoms. The molecule has 0 radical (unpaired) electrons. The van der Waals surface area contributed by atoms with Gasteiger partial charge in [0, 0.05) is 24.8 Å². The number of hydrogen-bond donors (Lipinski definition) is 1. The summed E-state index contributed by atoms with van der Waals surface area (Å²) in [7, 11) is 0. The van der Waals surface area contributed by atoms with Crippen molar-refractivity contribution in [3.63, 3.8) is 0 Å². The molecule has 0 atom stereocenters. The van der Waals surface area contributed by atoms with E-state index in [0.717, 1.165) is 42.2 Å². The molecule has 3 aromatic rings. The molecule has 29 heavy (non-hydrogen) atoms. The van der Waals surface area contributed by atoms with E-state index in [4.69, 9.17) is 16.6 Å². The van der Waals surface area contributed by atoms with Crippen molar-refractivity contribution in [3.8, 4) is 0 Å². The molecule has 5 nitrogen and oxygen atoms in total. The number of aromatic nitrogens is 2. The standard InChI is InChI=1S/C23H25ClN4O/c24-19-9-5-4-8-18(19)23(29)25-16-10-11-21-20(14-16)26-22-15-27(12-13-28(21)22)17-6-2-1-3-7-17/h4-5,8-11,14,17H,1-3,6-7,12-13,15H2,(H,25,29). The second-order valence-corrected chi connectivity index (χ2v) is 8.49. The van der Waals surface area contributed by atoms with Gasteiger partial charge < -0.3 is 9.88 Å². The number of imidazole rings is 1. The van der Waals surface area contributed by atoms with E-state index in [-0.39, 0.29) is 5.91 Å². The average molecular weight is 409 g/mol. The lowest BCUT2D eigenvalue weighted by atomic mass is 9.94. The molecule has 0 bridgehead atoms. The number of nitrogens with zero attached hydrogens (tertiary/aromatic N) is 3. The van der Waals surface area contributed by atoms with E-state index >= 15 is 0 Å². The van der Waals surface area contributed by atoms with Gasteiger partial charge in [0.05, 0.1) is 28.2 Å². The summed E-state index contributed by atoms with van der Waals surface area (Å²) in [5.74, 6) is 0.925. The Kier molecular flexibility index (Phi) is 5.02. The third-order valence-electron chi connectivity index (χ3n) is 6.25. The Hall–Kier alpha value is -2.37.